The highest BCUT2D eigenvalue weighted by Gasteiger charge is 2.53. The van der Waals surface area contributed by atoms with Crippen LogP contribution in [0.5, 0.6) is 5.75 Å². The Labute approximate surface area is 179 Å². The SMILES string of the molecule is CO[C@@H]1[C@H](O)[C@@H](CO)O[C@H]1N1CN=C2C1=NC=NC2(N)C1CCCc2c(O)cccc21. The standard InChI is InChI=1S/C21H27N5O5/c1-30-17-16(29)15(8-27)31-20(17)26-10-24-18-19(26)23-9-25-21(18,22)13-6-2-5-12-11(13)4-3-7-14(12)28/h3-4,7,9,13,15-17,20,27-29H,2,5-6,8,10,22H2,1H3/t13?,15-,16-,17-,20-,21?/m1/s1. The Balaban J connectivity index is 1.47. The lowest BCUT2D eigenvalue weighted by molar-refractivity contribution is -0.0765. The highest BCUT2D eigenvalue weighted by molar-refractivity contribution is 6.47. The first-order valence-electron chi connectivity index (χ1n) is 10.5. The third-order valence-electron chi connectivity index (χ3n) is 6.78. The molecular weight excluding hydrogens is 402 g/mol. The molecule has 6 atom stereocenters. The zero-order valence-corrected chi connectivity index (χ0v) is 17.3. The van der Waals surface area contributed by atoms with Gasteiger partial charge in [0.05, 0.1) is 6.61 Å². The summed E-state index contributed by atoms with van der Waals surface area (Å²) >= 11 is 0. The summed E-state index contributed by atoms with van der Waals surface area (Å²) in [4.78, 5) is 15.5. The highest BCUT2D eigenvalue weighted by atomic mass is 16.6. The second kappa shape index (κ2) is 7.64. The minimum absolute atomic E-state index is 0.165. The Bertz CT molecular complexity index is 965. The minimum Gasteiger partial charge on any atom is -0.508 e. The van der Waals surface area contributed by atoms with Crippen LogP contribution in [0, 0.1) is 0 Å². The number of aliphatic hydroxyl groups is 2. The van der Waals surface area contributed by atoms with Gasteiger partial charge in [-0.3, -0.25) is 4.99 Å². The fourth-order valence-electron chi connectivity index (χ4n) is 5.22. The molecule has 1 aliphatic carbocycles. The molecular formula is C21H27N5O5. The summed E-state index contributed by atoms with van der Waals surface area (Å²) < 4.78 is 11.3. The van der Waals surface area contributed by atoms with E-state index >= 15 is 0 Å². The topological polar surface area (TPSA) is 145 Å². The van der Waals surface area contributed by atoms with Gasteiger partial charge in [0.2, 0.25) is 0 Å². The third kappa shape index (κ3) is 3.01. The van der Waals surface area contributed by atoms with Crippen molar-refractivity contribution < 1.29 is 24.8 Å². The molecule has 166 valence electrons. The third-order valence-corrected chi connectivity index (χ3v) is 6.78. The van der Waals surface area contributed by atoms with E-state index in [0.717, 1.165) is 30.4 Å². The van der Waals surface area contributed by atoms with Gasteiger partial charge in [-0.25, -0.2) is 9.98 Å². The summed E-state index contributed by atoms with van der Waals surface area (Å²) in [6, 6.07) is 5.51. The number of aliphatic hydroxyl groups excluding tert-OH is 2. The molecule has 3 aliphatic heterocycles. The number of benzene rings is 1. The smallest absolute Gasteiger partial charge is 0.162 e. The van der Waals surface area contributed by atoms with Crippen LogP contribution in [0.3, 0.4) is 0 Å². The molecule has 0 aromatic heterocycles. The van der Waals surface area contributed by atoms with Crippen molar-refractivity contribution in [1.29, 1.82) is 0 Å². The Hall–Kier alpha value is -2.37. The quantitative estimate of drug-likeness (QED) is 0.515. The zero-order chi connectivity index (χ0) is 21.8. The maximum atomic E-state index is 10.4. The maximum Gasteiger partial charge on any atom is 0.162 e. The van der Waals surface area contributed by atoms with Gasteiger partial charge < -0.3 is 35.4 Å². The number of aliphatic imine (C=N–C) groups is 3. The summed E-state index contributed by atoms with van der Waals surface area (Å²) in [5.41, 5.74) is 8.22. The van der Waals surface area contributed by atoms with Crippen molar-refractivity contribution in [3.05, 3.63) is 29.3 Å². The number of hydrogen-bond acceptors (Lipinski definition) is 10. The number of phenols is 1. The van der Waals surface area contributed by atoms with Crippen molar-refractivity contribution in [1.82, 2.24) is 4.90 Å². The Kier molecular flexibility index (Phi) is 5.06. The predicted octanol–water partition coefficient (Wildman–Crippen LogP) is -0.285. The first kappa shape index (κ1) is 20.5. The van der Waals surface area contributed by atoms with Crippen LogP contribution in [0.1, 0.15) is 29.9 Å². The summed E-state index contributed by atoms with van der Waals surface area (Å²) in [7, 11) is 1.49. The Morgan fingerprint density at radius 3 is 3.00 bits per heavy atom. The van der Waals surface area contributed by atoms with Crippen LogP contribution < -0.4 is 5.73 Å². The molecule has 1 aromatic rings. The zero-order valence-electron chi connectivity index (χ0n) is 17.3. The van der Waals surface area contributed by atoms with Crippen LogP contribution in [-0.4, -0.2) is 88.7 Å². The molecule has 0 saturated carbocycles. The van der Waals surface area contributed by atoms with Crippen molar-refractivity contribution in [2.75, 3.05) is 20.4 Å². The van der Waals surface area contributed by atoms with Gasteiger partial charge in [0, 0.05) is 13.0 Å². The number of amidine groups is 1. The van der Waals surface area contributed by atoms with Crippen molar-refractivity contribution in [3.63, 3.8) is 0 Å². The molecule has 10 nitrogen and oxygen atoms in total. The highest BCUT2D eigenvalue weighted by Crippen LogP contribution is 2.44. The van der Waals surface area contributed by atoms with Crippen LogP contribution >= 0.6 is 0 Å². The van der Waals surface area contributed by atoms with E-state index in [2.05, 4.69) is 15.0 Å². The van der Waals surface area contributed by atoms with Crippen molar-refractivity contribution in [2.24, 2.45) is 20.7 Å². The number of phenolic OH excluding ortho intramolecular Hbond substituents is 1. The van der Waals surface area contributed by atoms with Gasteiger partial charge in [0.1, 0.15) is 42.8 Å². The van der Waals surface area contributed by atoms with Crippen LogP contribution in [0.4, 0.5) is 0 Å². The number of methoxy groups -OCH3 is 1. The second-order valence-electron chi connectivity index (χ2n) is 8.37. The molecule has 0 radical (unpaired) electrons. The normalized spacial score (nSPS) is 36.8. The lowest BCUT2D eigenvalue weighted by atomic mass is 9.73. The van der Waals surface area contributed by atoms with Crippen LogP contribution in [0.25, 0.3) is 0 Å². The lowest BCUT2D eigenvalue weighted by Gasteiger charge is -2.40. The lowest BCUT2D eigenvalue weighted by Crippen LogP contribution is -2.58. The molecule has 1 saturated heterocycles. The van der Waals surface area contributed by atoms with E-state index in [1.165, 1.54) is 13.4 Å². The summed E-state index contributed by atoms with van der Waals surface area (Å²) in [6.45, 7) is -0.0956. The largest absolute Gasteiger partial charge is 0.508 e. The number of nitrogens with zero attached hydrogens (tertiary/aromatic N) is 4. The Morgan fingerprint density at radius 2 is 2.23 bits per heavy atom. The molecule has 3 heterocycles. The molecule has 1 fully saturated rings. The van der Waals surface area contributed by atoms with E-state index in [-0.39, 0.29) is 24.9 Å². The maximum absolute atomic E-state index is 10.4. The second-order valence-corrected chi connectivity index (χ2v) is 8.37. The van der Waals surface area contributed by atoms with Gasteiger partial charge in [-0.05, 0) is 36.5 Å². The van der Waals surface area contributed by atoms with Crippen LogP contribution in [0.2, 0.25) is 0 Å². The fraction of sp³-hybridized carbons (Fsp3) is 0.571. The number of ether oxygens (including phenoxy) is 2. The predicted molar refractivity (Wildman–Crippen MR) is 113 cm³/mol. The molecule has 31 heavy (non-hydrogen) atoms. The molecule has 5 N–H and O–H groups in total. The molecule has 5 rings (SSSR count). The van der Waals surface area contributed by atoms with E-state index in [1.54, 1.807) is 11.0 Å². The fourth-order valence-corrected chi connectivity index (χ4v) is 5.22. The number of aromatic hydroxyl groups is 1. The average molecular weight is 429 g/mol. The monoisotopic (exact) mass is 429 g/mol. The van der Waals surface area contributed by atoms with E-state index in [4.69, 9.17) is 15.2 Å². The van der Waals surface area contributed by atoms with Crippen molar-refractivity contribution >= 4 is 17.9 Å². The van der Waals surface area contributed by atoms with E-state index < -0.39 is 30.2 Å². The van der Waals surface area contributed by atoms with Crippen molar-refractivity contribution in [3.8, 4) is 5.75 Å². The van der Waals surface area contributed by atoms with Gasteiger partial charge in [-0.2, -0.15) is 0 Å². The summed E-state index contributed by atoms with van der Waals surface area (Å²) in [5.74, 6) is 0.644. The minimum atomic E-state index is -1.13. The number of hydrogen-bond donors (Lipinski definition) is 4. The molecule has 10 heteroatoms. The summed E-state index contributed by atoms with van der Waals surface area (Å²) in [5, 5.41) is 30.3. The van der Waals surface area contributed by atoms with Gasteiger partial charge in [0.25, 0.3) is 0 Å². The molecule has 1 aromatic carbocycles. The molecule has 4 aliphatic rings. The van der Waals surface area contributed by atoms with Crippen LogP contribution in [0.15, 0.2) is 33.2 Å². The van der Waals surface area contributed by atoms with E-state index in [0.29, 0.717) is 11.5 Å². The molecule has 2 unspecified atom stereocenters. The summed E-state index contributed by atoms with van der Waals surface area (Å²) in [6.07, 6.45) is 0.857. The van der Waals surface area contributed by atoms with Gasteiger partial charge >= 0.3 is 0 Å². The number of rotatable bonds is 4. The van der Waals surface area contributed by atoms with Gasteiger partial charge in [-0.1, -0.05) is 12.1 Å². The first-order valence-corrected chi connectivity index (χ1v) is 10.5. The number of nitrogens with two attached hydrogens (primary N) is 1. The molecule has 0 spiro atoms. The first-order chi connectivity index (χ1) is 15.0. The average Bonchev–Trinajstić information content (AvgIpc) is 3.35. The number of fused-ring (bicyclic) bond motifs is 2. The van der Waals surface area contributed by atoms with Crippen LogP contribution in [-0.2, 0) is 15.9 Å². The van der Waals surface area contributed by atoms with Gasteiger partial charge in [0.15, 0.2) is 17.7 Å². The van der Waals surface area contributed by atoms with E-state index in [9.17, 15) is 15.3 Å². The molecule has 0 bridgehead atoms. The Morgan fingerprint density at radius 1 is 1.39 bits per heavy atom. The van der Waals surface area contributed by atoms with Gasteiger partial charge in [-0.15, -0.1) is 0 Å². The van der Waals surface area contributed by atoms with Crippen molar-refractivity contribution in [2.45, 2.75) is 55.4 Å². The van der Waals surface area contributed by atoms with E-state index in [1.807, 2.05) is 12.1 Å². The molecule has 0 amide bonds.